The van der Waals surface area contributed by atoms with Crippen LogP contribution >= 0.6 is 0 Å². The van der Waals surface area contributed by atoms with Gasteiger partial charge >= 0.3 is 0 Å². The van der Waals surface area contributed by atoms with Gasteiger partial charge in [-0.15, -0.1) is 0 Å². The fraction of sp³-hybridized carbons (Fsp3) is 0.667. The van der Waals surface area contributed by atoms with E-state index in [1.54, 1.807) is 0 Å². The smallest absolute Gasteiger partial charge is 0.171 e. The van der Waals surface area contributed by atoms with Crippen molar-refractivity contribution in [2.75, 3.05) is 0 Å². The Morgan fingerprint density at radius 3 is 2.15 bits per heavy atom. The lowest BCUT2D eigenvalue weighted by Crippen LogP contribution is -2.33. The molecule has 20 heavy (non-hydrogen) atoms. The number of unbranched alkanes of at least 4 members (excludes halogenated alkanes) is 7. The summed E-state index contributed by atoms with van der Waals surface area (Å²) in [6, 6.07) is 4.38. The van der Waals surface area contributed by atoms with Crippen LogP contribution in [0.3, 0.4) is 0 Å². The summed E-state index contributed by atoms with van der Waals surface area (Å²) >= 11 is 0. The Balaban J connectivity index is 0.00000172. The van der Waals surface area contributed by atoms with Crippen LogP contribution in [0.15, 0.2) is 24.5 Å². The van der Waals surface area contributed by atoms with Crippen molar-refractivity contribution in [2.45, 2.75) is 78.2 Å². The van der Waals surface area contributed by atoms with E-state index in [9.17, 15) is 0 Å². The Hall–Kier alpha value is -1.36. The number of rotatable bonds is 10. The summed E-state index contributed by atoms with van der Waals surface area (Å²) in [4.78, 5) is 0. The van der Waals surface area contributed by atoms with Crippen molar-refractivity contribution in [2.24, 2.45) is 0 Å². The van der Waals surface area contributed by atoms with E-state index in [1.165, 1.54) is 63.5 Å². The molecular formula is C18H30N2. The molecule has 112 valence electrons. The topological polar surface area (TPSA) is 27.7 Å². The van der Waals surface area contributed by atoms with Crippen molar-refractivity contribution in [3.05, 3.63) is 36.7 Å². The monoisotopic (exact) mass is 274 g/mol. The number of nitrogens with zero attached hydrogens (tertiary/aromatic N) is 2. The Labute approximate surface area is 125 Å². The number of hydrogen-bond donors (Lipinski definition) is 0. The molecule has 0 aliphatic carbocycles. The van der Waals surface area contributed by atoms with Gasteiger partial charge in [0.2, 0.25) is 0 Å². The third-order valence-electron chi connectivity index (χ3n) is 3.60. The largest absolute Gasteiger partial charge is 0.512 e. The molecule has 0 saturated heterocycles. The summed E-state index contributed by atoms with van der Waals surface area (Å²) < 4.78 is 2.34. The maximum Gasteiger partial charge on any atom is 0.171 e. The second-order valence-electron chi connectivity index (χ2n) is 5.28. The van der Waals surface area contributed by atoms with Crippen molar-refractivity contribution in [1.29, 1.82) is 5.26 Å². The molecule has 1 aromatic heterocycles. The third kappa shape index (κ3) is 9.55. The van der Waals surface area contributed by atoms with Gasteiger partial charge in [0.25, 0.3) is 0 Å². The quantitative estimate of drug-likeness (QED) is 0.343. The first-order chi connectivity index (χ1) is 9.86. The average molecular weight is 274 g/mol. The van der Waals surface area contributed by atoms with Crippen LogP contribution in [-0.2, 0) is 13.0 Å². The van der Waals surface area contributed by atoms with Crippen LogP contribution < -0.4 is 4.57 Å². The van der Waals surface area contributed by atoms with Crippen molar-refractivity contribution in [1.82, 2.24) is 0 Å². The van der Waals surface area contributed by atoms with Gasteiger partial charge in [0.15, 0.2) is 12.4 Å². The summed E-state index contributed by atoms with van der Waals surface area (Å²) in [5.41, 5.74) is 1.44. The van der Waals surface area contributed by atoms with Crippen molar-refractivity contribution in [3.8, 4) is 0 Å². The second kappa shape index (κ2) is 14.1. The fourth-order valence-electron chi connectivity index (χ4n) is 2.35. The molecule has 0 aromatic carbocycles. The summed E-state index contributed by atoms with van der Waals surface area (Å²) in [6.07, 6.45) is 16.8. The van der Waals surface area contributed by atoms with E-state index in [4.69, 9.17) is 11.8 Å². The number of pyridine rings is 1. The van der Waals surface area contributed by atoms with Crippen molar-refractivity contribution >= 4 is 0 Å². The maximum atomic E-state index is 6.25. The second-order valence-corrected chi connectivity index (χ2v) is 5.28. The van der Waals surface area contributed by atoms with Crippen LogP contribution in [0, 0.1) is 11.8 Å². The van der Waals surface area contributed by atoms with Crippen LogP contribution in [0.1, 0.15) is 70.8 Å². The van der Waals surface area contributed by atoms with E-state index in [-0.39, 0.29) is 0 Å². The minimum Gasteiger partial charge on any atom is -0.512 e. The molecule has 0 bridgehead atoms. The summed E-state index contributed by atoms with van der Waals surface area (Å²) in [5.74, 6) is 0. The lowest BCUT2D eigenvalue weighted by molar-refractivity contribution is -0.697. The predicted molar refractivity (Wildman–Crippen MR) is 83.6 cm³/mol. The Bertz CT molecular complexity index is 344. The van der Waals surface area contributed by atoms with Gasteiger partial charge in [-0.1, -0.05) is 52.4 Å². The van der Waals surface area contributed by atoms with Crippen molar-refractivity contribution in [3.63, 3.8) is 0 Å². The van der Waals surface area contributed by atoms with Gasteiger partial charge < -0.3 is 11.8 Å². The predicted octanol–water partition coefficient (Wildman–Crippen LogP) is 4.77. The zero-order valence-corrected chi connectivity index (χ0v) is 13.3. The minimum absolute atomic E-state index is 1.14. The summed E-state index contributed by atoms with van der Waals surface area (Å²) in [7, 11) is 0. The van der Waals surface area contributed by atoms with E-state index < -0.39 is 0 Å². The highest BCUT2D eigenvalue weighted by Crippen LogP contribution is 2.08. The van der Waals surface area contributed by atoms with Crippen LogP contribution in [0.2, 0.25) is 0 Å². The Morgan fingerprint density at radius 2 is 1.55 bits per heavy atom. The molecule has 1 aromatic rings. The average Bonchev–Trinajstić information content (AvgIpc) is 2.52. The summed E-state index contributed by atoms with van der Waals surface area (Å²) in [5, 5.41) is 6.25. The normalized spacial score (nSPS) is 9.80. The molecule has 0 spiro atoms. The molecule has 0 atom stereocenters. The van der Waals surface area contributed by atoms with E-state index in [0.717, 1.165) is 6.42 Å². The molecule has 0 unspecified atom stereocenters. The van der Waals surface area contributed by atoms with E-state index in [0.29, 0.717) is 0 Å². The number of aryl methyl sites for hydroxylation is 2. The minimum atomic E-state index is 1.14. The van der Waals surface area contributed by atoms with Gasteiger partial charge in [0, 0.05) is 18.1 Å². The van der Waals surface area contributed by atoms with E-state index in [2.05, 4.69) is 42.9 Å². The van der Waals surface area contributed by atoms with Crippen LogP contribution in [0.5, 0.6) is 0 Å². The molecule has 0 N–H and O–H groups in total. The van der Waals surface area contributed by atoms with Gasteiger partial charge in [-0.05, 0) is 18.9 Å². The van der Waals surface area contributed by atoms with Gasteiger partial charge in [-0.25, -0.2) is 4.57 Å². The van der Waals surface area contributed by atoms with Gasteiger partial charge in [0.1, 0.15) is 6.54 Å². The van der Waals surface area contributed by atoms with Crippen LogP contribution in [0.25, 0.3) is 0 Å². The lowest BCUT2D eigenvalue weighted by Gasteiger charge is -2.01. The highest BCUT2D eigenvalue weighted by atomic mass is 14.9. The molecule has 0 saturated carbocycles. The van der Waals surface area contributed by atoms with E-state index >= 15 is 0 Å². The zero-order chi connectivity index (χ0) is 15.1. The van der Waals surface area contributed by atoms with Crippen LogP contribution in [-0.4, -0.2) is 0 Å². The molecule has 0 aliphatic heterocycles. The zero-order valence-electron chi connectivity index (χ0n) is 13.3. The molecule has 1 rings (SSSR count). The molecule has 2 nitrogen and oxygen atoms in total. The Morgan fingerprint density at radius 1 is 0.950 bits per heavy atom. The van der Waals surface area contributed by atoms with Gasteiger partial charge in [-0.2, -0.15) is 0 Å². The Kier molecular flexibility index (Phi) is 13.1. The lowest BCUT2D eigenvalue weighted by atomic mass is 10.1. The van der Waals surface area contributed by atoms with Crippen LogP contribution in [0.4, 0.5) is 0 Å². The molecule has 1 heterocycles. The maximum absolute atomic E-state index is 6.25. The fourth-order valence-corrected chi connectivity index (χ4v) is 2.35. The standard InChI is InChI=1S/C17H30N.CN/c1-3-5-6-7-8-9-10-11-14-18-15-12-13-17(4-2)16-18;1-2/h12-13,15-16H,3-11,14H2,1-2H3;/q+1;-1. The first-order valence-electron chi connectivity index (χ1n) is 8.07. The highest BCUT2D eigenvalue weighted by molar-refractivity contribution is 5.04. The molecule has 0 aliphatic rings. The third-order valence-corrected chi connectivity index (χ3v) is 3.60. The van der Waals surface area contributed by atoms with Gasteiger partial charge in [0.05, 0.1) is 0 Å². The molecule has 0 radical (unpaired) electrons. The highest BCUT2D eigenvalue weighted by Gasteiger charge is 2.01. The first kappa shape index (κ1) is 18.6. The number of hydrogen-bond acceptors (Lipinski definition) is 1. The summed E-state index contributed by atoms with van der Waals surface area (Å²) in [6.45, 7) is 10.4. The first-order valence-corrected chi connectivity index (χ1v) is 8.07. The molecular weight excluding hydrogens is 244 g/mol. The van der Waals surface area contributed by atoms with Crippen molar-refractivity contribution < 1.29 is 4.57 Å². The molecule has 0 fully saturated rings. The molecule has 0 amide bonds. The van der Waals surface area contributed by atoms with Gasteiger partial charge in [-0.3, -0.25) is 0 Å². The molecule has 2 heteroatoms. The number of aromatic nitrogens is 1. The van der Waals surface area contributed by atoms with E-state index in [1.807, 2.05) is 0 Å². The SMILES string of the molecule is CCCCCCCCCC[n+]1cccc(CC)c1.[C-]#N.